The van der Waals surface area contributed by atoms with Crippen molar-refractivity contribution in [3.05, 3.63) is 132 Å². The summed E-state index contributed by atoms with van der Waals surface area (Å²) in [5, 5.41) is 0. The molecule has 2 aromatic carbocycles. The fraction of sp³-hybridized carbons (Fsp3) is 0.172. The molecule has 0 nitrogen and oxygen atoms in total. The van der Waals surface area contributed by atoms with Gasteiger partial charge in [-0.25, -0.2) is 35.1 Å². The van der Waals surface area contributed by atoms with Crippen LogP contribution in [0.4, 0.5) is 35.1 Å². The standard InChI is InChI=1S/C14H14F4.C13H10F4.C2H4/c1-3-5-10(15)6-9(4-2)12-7-11(16)8-13(17)14(12)18;1-7(2)6-11(15)8(3)9-4-5-10(14)13(17)12(9)16;1-2/h4-5,7-8H,3,6H2,1-2H3;4-6H,1,3H2,2H3;1-2H2/b9-4+,10-5+;11-6+;. The molecule has 8 heteroatoms. The van der Waals surface area contributed by atoms with E-state index >= 15 is 0 Å². The van der Waals surface area contributed by atoms with E-state index in [4.69, 9.17) is 0 Å². The topological polar surface area (TPSA) is 0 Å². The van der Waals surface area contributed by atoms with Gasteiger partial charge in [0.1, 0.15) is 17.5 Å². The molecule has 0 aromatic heterocycles. The molecule has 200 valence electrons. The van der Waals surface area contributed by atoms with Crippen LogP contribution >= 0.6 is 0 Å². The molecule has 2 aromatic rings. The van der Waals surface area contributed by atoms with Gasteiger partial charge in [0, 0.05) is 29.2 Å². The van der Waals surface area contributed by atoms with Gasteiger partial charge >= 0.3 is 0 Å². The summed E-state index contributed by atoms with van der Waals surface area (Å²) in [4.78, 5) is 0. The molecule has 0 fully saturated rings. The Hall–Kier alpha value is -3.68. The van der Waals surface area contributed by atoms with Gasteiger partial charge in [0.05, 0.1) is 0 Å². The van der Waals surface area contributed by atoms with E-state index in [1.54, 1.807) is 13.8 Å². The first-order chi connectivity index (χ1) is 17.3. The predicted molar refractivity (Wildman–Crippen MR) is 135 cm³/mol. The minimum Gasteiger partial charge on any atom is -0.212 e. The van der Waals surface area contributed by atoms with Crippen LogP contribution in [-0.4, -0.2) is 0 Å². The molecule has 0 radical (unpaired) electrons. The fourth-order valence-electron chi connectivity index (χ4n) is 2.81. The number of halogens is 8. The van der Waals surface area contributed by atoms with Crippen LogP contribution in [0, 0.1) is 34.9 Å². The van der Waals surface area contributed by atoms with Crippen molar-refractivity contribution in [1.82, 2.24) is 0 Å². The summed E-state index contributed by atoms with van der Waals surface area (Å²) in [5.41, 5.74) is -0.405. The molecule has 0 aliphatic rings. The minimum absolute atomic E-state index is 0.176. The molecule has 0 spiro atoms. The lowest BCUT2D eigenvalue weighted by Gasteiger charge is -2.08. The summed E-state index contributed by atoms with van der Waals surface area (Å²) in [6.45, 7) is 17.6. The maximum atomic E-state index is 13.5. The van der Waals surface area contributed by atoms with Gasteiger partial charge in [0.15, 0.2) is 29.1 Å². The van der Waals surface area contributed by atoms with Gasteiger partial charge < -0.3 is 0 Å². The third-order valence-electron chi connectivity index (χ3n) is 4.49. The quantitative estimate of drug-likeness (QED) is 0.110. The van der Waals surface area contributed by atoms with Gasteiger partial charge in [-0.3, -0.25) is 0 Å². The van der Waals surface area contributed by atoms with Crippen LogP contribution in [0.25, 0.3) is 11.1 Å². The van der Waals surface area contributed by atoms with Crippen molar-refractivity contribution in [2.24, 2.45) is 0 Å². The summed E-state index contributed by atoms with van der Waals surface area (Å²) in [7, 11) is 0. The van der Waals surface area contributed by atoms with Gasteiger partial charge in [-0.05, 0) is 50.1 Å². The monoisotopic (exact) mass is 528 g/mol. The normalized spacial score (nSPS) is 11.7. The van der Waals surface area contributed by atoms with Crippen LogP contribution < -0.4 is 0 Å². The second kappa shape index (κ2) is 16.1. The third-order valence-corrected chi connectivity index (χ3v) is 4.49. The summed E-state index contributed by atoms with van der Waals surface area (Å²) in [5.74, 6) is -9.05. The first-order valence-electron chi connectivity index (χ1n) is 10.8. The van der Waals surface area contributed by atoms with Crippen LogP contribution in [0.2, 0.25) is 0 Å². The van der Waals surface area contributed by atoms with Crippen molar-refractivity contribution < 1.29 is 35.1 Å². The van der Waals surface area contributed by atoms with Gasteiger partial charge in [0.25, 0.3) is 0 Å². The van der Waals surface area contributed by atoms with Crippen LogP contribution in [0.1, 0.15) is 44.7 Å². The van der Waals surface area contributed by atoms with Crippen molar-refractivity contribution in [1.29, 1.82) is 0 Å². The first kappa shape index (κ1) is 33.3. The maximum Gasteiger partial charge on any atom is 0.195 e. The van der Waals surface area contributed by atoms with Crippen LogP contribution in [-0.2, 0) is 0 Å². The maximum absolute atomic E-state index is 13.5. The molecule has 0 N–H and O–H groups in total. The lowest BCUT2D eigenvalue weighted by atomic mass is 10.0. The van der Waals surface area contributed by atoms with Gasteiger partial charge in [-0.15, -0.1) is 13.2 Å². The third kappa shape index (κ3) is 10.1. The molecule has 0 saturated heterocycles. The highest BCUT2D eigenvalue weighted by molar-refractivity contribution is 5.76. The molecule has 0 aliphatic heterocycles. The Morgan fingerprint density at radius 3 is 1.95 bits per heavy atom. The Morgan fingerprint density at radius 1 is 0.838 bits per heavy atom. The predicted octanol–water partition coefficient (Wildman–Crippen LogP) is 10.5. The number of rotatable bonds is 7. The van der Waals surface area contributed by atoms with Crippen molar-refractivity contribution in [2.45, 2.75) is 33.6 Å². The van der Waals surface area contributed by atoms with Crippen molar-refractivity contribution in [3.8, 4) is 0 Å². The highest BCUT2D eigenvalue weighted by atomic mass is 19.2. The highest BCUT2D eigenvalue weighted by Crippen LogP contribution is 2.29. The summed E-state index contributed by atoms with van der Waals surface area (Å²) < 4.78 is 105. The van der Waals surface area contributed by atoms with E-state index < -0.39 is 52.1 Å². The Kier molecular flexibility index (Phi) is 14.5. The Balaban J connectivity index is 0.000000657. The molecule has 0 amide bonds. The van der Waals surface area contributed by atoms with Crippen LogP contribution in [0.5, 0.6) is 0 Å². The lowest BCUT2D eigenvalue weighted by Crippen LogP contribution is -1.97. The second-order valence-electron chi connectivity index (χ2n) is 7.34. The van der Waals surface area contributed by atoms with Crippen LogP contribution in [0.3, 0.4) is 0 Å². The Morgan fingerprint density at radius 2 is 1.43 bits per heavy atom. The van der Waals surface area contributed by atoms with Crippen LogP contribution in [0.15, 0.2) is 86.0 Å². The number of benzene rings is 2. The average molecular weight is 529 g/mol. The van der Waals surface area contributed by atoms with Gasteiger partial charge in [-0.2, -0.15) is 0 Å². The average Bonchev–Trinajstić information content (AvgIpc) is 2.84. The van der Waals surface area contributed by atoms with Crippen molar-refractivity contribution in [2.75, 3.05) is 0 Å². The molecular weight excluding hydrogens is 500 g/mol. The molecule has 0 bridgehead atoms. The summed E-state index contributed by atoms with van der Waals surface area (Å²) >= 11 is 0. The molecule has 0 saturated carbocycles. The van der Waals surface area contributed by atoms with Crippen molar-refractivity contribution in [3.63, 3.8) is 0 Å². The van der Waals surface area contributed by atoms with E-state index in [-0.39, 0.29) is 23.1 Å². The van der Waals surface area contributed by atoms with Gasteiger partial charge in [-0.1, -0.05) is 37.8 Å². The second-order valence-corrected chi connectivity index (χ2v) is 7.34. The minimum atomic E-state index is -1.65. The Labute approximate surface area is 212 Å². The fourth-order valence-corrected chi connectivity index (χ4v) is 2.81. The zero-order valence-corrected chi connectivity index (χ0v) is 20.8. The zero-order chi connectivity index (χ0) is 28.9. The van der Waals surface area contributed by atoms with Gasteiger partial charge in [0.2, 0.25) is 0 Å². The number of hydrogen-bond acceptors (Lipinski definition) is 0. The molecular formula is C29H28F8. The SMILES string of the molecule is C/C=C(\C/C(F)=C\CC)c1cc(F)cc(F)c1F.C=C.C=C(C)/C=C(/F)C(=C)c1ccc(F)c(F)c1F. The molecule has 0 unspecified atom stereocenters. The van der Waals surface area contributed by atoms with E-state index in [2.05, 4.69) is 26.3 Å². The van der Waals surface area contributed by atoms with E-state index in [1.807, 2.05) is 0 Å². The van der Waals surface area contributed by atoms with E-state index in [9.17, 15) is 35.1 Å². The summed E-state index contributed by atoms with van der Waals surface area (Å²) in [6, 6.07) is 2.98. The van der Waals surface area contributed by atoms with E-state index in [0.29, 0.717) is 24.1 Å². The largest absolute Gasteiger partial charge is 0.212 e. The zero-order valence-electron chi connectivity index (χ0n) is 20.8. The lowest BCUT2D eigenvalue weighted by molar-refractivity contribution is 0.445. The van der Waals surface area contributed by atoms with E-state index in [0.717, 1.165) is 18.2 Å². The van der Waals surface area contributed by atoms with E-state index in [1.165, 1.54) is 19.1 Å². The Bertz CT molecular complexity index is 1200. The first-order valence-corrected chi connectivity index (χ1v) is 10.8. The molecule has 0 aliphatic carbocycles. The molecule has 0 atom stereocenters. The molecule has 0 heterocycles. The summed E-state index contributed by atoms with van der Waals surface area (Å²) in [6.07, 6.45) is 4.15. The smallest absolute Gasteiger partial charge is 0.195 e. The number of hydrogen-bond donors (Lipinski definition) is 0. The molecule has 37 heavy (non-hydrogen) atoms. The number of allylic oxidation sites excluding steroid dienone is 8. The molecule has 2 rings (SSSR count). The highest BCUT2D eigenvalue weighted by Gasteiger charge is 2.17. The van der Waals surface area contributed by atoms with Crippen molar-refractivity contribution >= 4 is 11.1 Å².